The second-order valence-corrected chi connectivity index (χ2v) is 7.59. The molecule has 0 unspecified atom stereocenters. The molecule has 1 saturated heterocycles. The quantitative estimate of drug-likeness (QED) is 0.746. The molecule has 7 nitrogen and oxygen atoms in total. The van der Waals surface area contributed by atoms with Gasteiger partial charge in [-0.2, -0.15) is 0 Å². The fourth-order valence-electron chi connectivity index (χ4n) is 3.69. The van der Waals surface area contributed by atoms with Crippen molar-refractivity contribution in [3.63, 3.8) is 0 Å². The average molecular weight is 379 g/mol. The van der Waals surface area contributed by atoms with Gasteiger partial charge in [-0.15, -0.1) is 0 Å². The lowest BCUT2D eigenvalue weighted by Crippen LogP contribution is -2.30. The van der Waals surface area contributed by atoms with Crippen molar-refractivity contribution in [2.45, 2.75) is 6.42 Å². The Morgan fingerprint density at radius 3 is 2.64 bits per heavy atom. The topological polar surface area (TPSA) is 74.5 Å². The van der Waals surface area contributed by atoms with Crippen molar-refractivity contribution < 1.29 is 5.11 Å². The van der Waals surface area contributed by atoms with E-state index in [1.165, 1.54) is 0 Å². The summed E-state index contributed by atoms with van der Waals surface area (Å²) in [6.07, 6.45) is 2.52. The Bertz CT molecular complexity index is 1060. The summed E-state index contributed by atoms with van der Waals surface area (Å²) in [6.45, 7) is 1.67. The van der Waals surface area contributed by atoms with Crippen LogP contribution < -0.4 is 15.4 Å². The van der Waals surface area contributed by atoms with Crippen LogP contribution in [-0.2, 0) is 7.05 Å². The van der Waals surface area contributed by atoms with Crippen LogP contribution in [0.3, 0.4) is 0 Å². The minimum atomic E-state index is -0.102. The Balaban J connectivity index is 1.76. The second kappa shape index (κ2) is 7.24. The monoisotopic (exact) mass is 379 g/mol. The van der Waals surface area contributed by atoms with Crippen LogP contribution in [0.1, 0.15) is 6.42 Å². The fraction of sp³-hybridized carbons (Fsp3) is 0.381. The highest BCUT2D eigenvalue weighted by atomic mass is 16.3. The maximum absolute atomic E-state index is 12.8. The van der Waals surface area contributed by atoms with Gasteiger partial charge in [-0.05, 0) is 24.6 Å². The van der Waals surface area contributed by atoms with Gasteiger partial charge >= 0.3 is 0 Å². The van der Waals surface area contributed by atoms with Crippen LogP contribution >= 0.6 is 0 Å². The summed E-state index contributed by atoms with van der Waals surface area (Å²) < 4.78 is 1.58. The van der Waals surface area contributed by atoms with Crippen LogP contribution in [0.25, 0.3) is 22.2 Å². The lowest BCUT2D eigenvalue weighted by molar-refractivity contribution is 0.238. The van der Waals surface area contributed by atoms with Crippen molar-refractivity contribution in [1.82, 2.24) is 14.5 Å². The van der Waals surface area contributed by atoms with Gasteiger partial charge in [0, 0.05) is 64.2 Å². The zero-order valence-corrected chi connectivity index (χ0v) is 16.5. The number of hydrogen-bond donors (Lipinski definition) is 1. The smallest absolute Gasteiger partial charge is 0.264 e. The molecule has 28 heavy (non-hydrogen) atoms. The molecule has 2 aromatic heterocycles. The molecule has 1 fully saturated rings. The largest absolute Gasteiger partial charge is 0.396 e. The predicted molar refractivity (Wildman–Crippen MR) is 112 cm³/mol. The van der Waals surface area contributed by atoms with Crippen molar-refractivity contribution in [2.75, 3.05) is 43.6 Å². The van der Waals surface area contributed by atoms with E-state index < -0.39 is 0 Å². The molecule has 0 bridgehead atoms. The maximum atomic E-state index is 12.8. The summed E-state index contributed by atoms with van der Waals surface area (Å²) in [4.78, 5) is 26.2. The number of anilines is 2. The number of hydrogen-bond acceptors (Lipinski definition) is 6. The Labute approximate surface area is 163 Å². The van der Waals surface area contributed by atoms with E-state index in [1.54, 1.807) is 17.8 Å². The van der Waals surface area contributed by atoms with Crippen LogP contribution in [0.5, 0.6) is 0 Å². The molecule has 1 atom stereocenters. The predicted octanol–water partition coefficient (Wildman–Crippen LogP) is 1.88. The normalized spacial score (nSPS) is 16.7. The summed E-state index contributed by atoms with van der Waals surface area (Å²) in [7, 11) is 5.75. The van der Waals surface area contributed by atoms with Gasteiger partial charge in [0.15, 0.2) is 0 Å². The second-order valence-electron chi connectivity index (χ2n) is 7.59. The number of aliphatic hydroxyl groups is 1. The van der Waals surface area contributed by atoms with E-state index in [0.717, 1.165) is 29.9 Å². The molecular formula is C21H25N5O2. The molecule has 0 saturated carbocycles. The lowest BCUT2D eigenvalue weighted by atomic mass is 10.1. The van der Waals surface area contributed by atoms with Crippen LogP contribution in [0.2, 0.25) is 0 Å². The van der Waals surface area contributed by atoms with Crippen molar-refractivity contribution in [1.29, 1.82) is 0 Å². The average Bonchev–Trinajstić information content (AvgIpc) is 3.19. The van der Waals surface area contributed by atoms with E-state index in [0.29, 0.717) is 23.4 Å². The highest BCUT2D eigenvalue weighted by Crippen LogP contribution is 2.25. The molecule has 0 radical (unpaired) electrons. The molecule has 7 heteroatoms. The van der Waals surface area contributed by atoms with Crippen molar-refractivity contribution in [3.8, 4) is 11.3 Å². The third-order valence-electron chi connectivity index (χ3n) is 5.44. The minimum absolute atomic E-state index is 0.102. The summed E-state index contributed by atoms with van der Waals surface area (Å²) in [5, 5.41) is 9.93. The van der Waals surface area contributed by atoms with Crippen molar-refractivity contribution in [3.05, 3.63) is 46.9 Å². The highest BCUT2D eigenvalue weighted by Gasteiger charge is 2.25. The SMILES string of the molecule is CN(C)c1ccc(-c2cc3nc(N4CC[C@H](CO)C4)n(C)c(=O)c3cn2)cc1. The third kappa shape index (κ3) is 3.22. The Kier molecular flexibility index (Phi) is 4.77. The molecule has 1 aliphatic rings. The Morgan fingerprint density at radius 1 is 1.25 bits per heavy atom. The van der Waals surface area contributed by atoms with E-state index in [9.17, 15) is 9.90 Å². The van der Waals surface area contributed by atoms with Crippen molar-refractivity contribution >= 4 is 22.5 Å². The summed E-state index contributed by atoms with van der Waals surface area (Å²) in [5.41, 5.74) is 3.44. The van der Waals surface area contributed by atoms with Crippen LogP contribution in [0, 0.1) is 5.92 Å². The van der Waals surface area contributed by atoms with Gasteiger partial charge in [0.05, 0.1) is 16.6 Å². The van der Waals surface area contributed by atoms with Gasteiger partial charge in [-0.1, -0.05) is 12.1 Å². The highest BCUT2D eigenvalue weighted by molar-refractivity contribution is 5.82. The zero-order chi connectivity index (χ0) is 19.8. The molecule has 1 aliphatic heterocycles. The van der Waals surface area contributed by atoms with Gasteiger partial charge in [0.1, 0.15) is 0 Å². The first-order chi connectivity index (χ1) is 13.5. The molecule has 0 spiro atoms. The molecule has 0 amide bonds. The molecule has 0 aliphatic carbocycles. The van der Waals surface area contributed by atoms with E-state index in [2.05, 4.69) is 9.88 Å². The third-order valence-corrected chi connectivity index (χ3v) is 5.44. The Morgan fingerprint density at radius 2 is 2.00 bits per heavy atom. The van der Waals surface area contributed by atoms with Gasteiger partial charge in [0.2, 0.25) is 5.95 Å². The molecule has 3 heterocycles. The number of rotatable bonds is 4. The lowest BCUT2D eigenvalue weighted by Gasteiger charge is -2.20. The first-order valence-electron chi connectivity index (χ1n) is 9.48. The molecule has 4 rings (SSSR count). The van der Waals surface area contributed by atoms with E-state index >= 15 is 0 Å². The van der Waals surface area contributed by atoms with Crippen LogP contribution in [-0.4, -0.2) is 53.4 Å². The fourth-order valence-corrected chi connectivity index (χ4v) is 3.69. The molecular weight excluding hydrogens is 354 g/mol. The minimum Gasteiger partial charge on any atom is -0.396 e. The first-order valence-corrected chi connectivity index (χ1v) is 9.48. The first kappa shape index (κ1) is 18.4. The van der Waals surface area contributed by atoms with Crippen LogP contribution in [0.15, 0.2) is 41.3 Å². The molecule has 1 N–H and O–H groups in total. The van der Waals surface area contributed by atoms with Gasteiger partial charge in [-0.25, -0.2) is 4.98 Å². The number of benzene rings is 1. The molecule has 1 aromatic carbocycles. The molecule has 3 aromatic rings. The zero-order valence-electron chi connectivity index (χ0n) is 16.5. The Hall–Kier alpha value is -2.93. The van der Waals surface area contributed by atoms with Gasteiger partial charge < -0.3 is 14.9 Å². The number of nitrogens with zero attached hydrogens (tertiary/aromatic N) is 5. The van der Waals surface area contributed by atoms with E-state index in [1.807, 2.05) is 49.3 Å². The standard InChI is InChI=1S/C21H25N5O2/c1-24(2)16-6-4-15(5-7-16)18-10-19-17(11-22-18)20(28)25(3)21(23-19)26-9-8-14(12-26)13-27/h4-7,10-11,14,27H,8-9,12-13H2,1-3H3/t14-/m0/s1. The number of pyridine rings is 1. The van der Waals surface area contributed by atoms with Crippen LogP contribution in [0.4, 0.5) is 11.6 Å². The van der Waals surface area contributed by atoms with Gasteiger partial charge in [0.25, 0.3) is 5.56 Å². The maximum Gasteiger partial charge on any atom is 0.264 e. The van der Waals surface area contributed by atoms with Crippen molar-refractivity contribution in [2.24, 2.45) is 13.0 Å². The number of aromatic nitrogens is 3. The van der Waals surface area contributed by atoms with E-state index in [4.69, 9.17) is 4.98 Å². The summed E-state index contributed by atoms with van der Waals surface area (Å²) in [6, 6.07) is 10.0. The van der Waals surface area contributed by atoms with Gasteiger partial charge in [-0.3, -0.25) is 14.3 Å². The summed E-state index contributed by atoms with van der Waals surface area (Å²) >= 11 is 0. The molecule has 146 valence electrons. The number of aliphatic hydroxyl groups excluding tert-OH is 1. The summed E-state index contributed by atoms with van der Waals surface area (Å²) in [5.74, 6) is 0.879. The van der Waals surface area contributed by atoms with E-state index in [-0.39, 0.29) is 18.1 Å². The number of fused-ring (bicyclic) bond motifs is 1.